The maximum Gasteiger partial charge on any atom is 0.259 e. The van der Waals surface area contributed by atoms with Gasteiger partial charge in [0.05, 0.1) is 11.1 Å². The van der Waals surface area contributed by atoms with E-state index in [1.165, 1.54) is 0 Å². The summed E-state index contributed by atoms with van der Waals surface area (Å²) in [6.07, 6.45) is 0. The van der Waals surface area contributed by atoms with Crippen molar-refractivity contribution in [2.45, 2.75) is 6.04 Å². The van der Waals surface area contributed by atoms with Gasteiger partial charge >= 0.3 is 0 Å². The summed E-state index contributed by atoms with van der Waals surface area (Å²) in [6.45, 7) is 2.82. The van der Waals surface area contributed by atoms with Gasteiger partial charge in [-0.05, 0) is 12.1 Å². The van der Waals surface area contributed by atoms with Crippen LogP contribution in [0.15, 0.2) is 18.2 Å². The summed E-state index contributed by atoms with van der Waals surface area (Å²) in [5, 5.41) is 3.73. The minimum Gasteiger partial charge on any atom is -0.490 e. The van der Waals surface area contributed by atoms with Crippen molar-refractivity contribution in [1.82, 2.24) is 10.2 Å². The Balaban J connectivity index is 2.05. The summed E-state index contributed by atoms with van der Waals surface area (Å²) in [6, 6.07) is 5.42. The molecule has 0 aromatic heterocycles. The summed E-state index contributed by atoms with van der Waals surface area (Å²) in [7, 11) is 0. The van der Waals surface area contributed by atoms with E-state index in [1.807, 2.05) is 4.90 Å². The van der Waals surface area contributed by atoms with Crippen LogP contribution in [0.2, 0.25) is 5.02 Å². The van der Waals surface area contributed by atoms with Crippen molar-refractivity contribution in [3.8, 4) is 5.75 Å². The number of benzene rings is 1. The molecule has 1 aromatic rings. The average molecular weight is 253 g/mol. The van der Waals surface area contributed by atoms with E-state index in [2.05, 4.69) is 5.32 Å². The monoisotopic (exact) mass is 252 g/mol. The van der Waals surface area contributed by atoms with Crippen molar-refractivity contribution in [1.29, 1.82) is 0 Å². The molecule has 1 amide bonds. The molecule has 5 heteroatoms. The van der Waals surface area contributed by atoms with Crippen LogP contribution in [0.4, 0.5) is 0 Å². The molecule has 1 atom stereocenters. The molecule has 1 unspecified atom stereocenters. The van der Waals surface area contributed by atoms with Gasteiger partial charge in [0.15, 0.2) is 0 Å². The van der Waals surface area contributed by atoms with Gasteiger partial charge in [-0.25, -0.2) is 0 Å². The lowest BCUT2D eigenvalue weighted by Gasteiger charge is -2.33. The standard InChI is InChI=1S/C12H13ClN2O2/c13-9-2-1-3-10-11(9)12(16)15-5-4-14-6-8(15)7-17-10/h1-3,8,14H,4-7H2. The summed E-state index contributed by atoms with van der Waals surface area (Å²) in [5.41, 5.74) is 0.499. The first kappa shape index (κ1) is 10.9. The van der Waals surface area contributed by atoms with Crippen LogP contribution in [0.5, 0.6) is 5.75 Å². The van der Waals surface area contributed by atoms with E-state index >= 15 is 0 Å². The Morgan fingerprint density at radius 1 is 1.47 bits per heavy atom. The normalized spacial score (nSPS) is 23.5. The second kappa shape index (κ2) is 4.20. The highest BCUT2D eigenvalue weighted by Gasteiger charge is 2.33. The number of piperazine rings is 1. The third kappa shape index (κ3) is 1.77. The van der Waals surface area contributed by atoms with Crippen molar-refractivity contribution in [2.24, 2.45) is 0 Å². The maximum atomic E-state index is 12.4. The third-order valence-corrected chi connectivity index (χ3v) is 3.55. The van der Waals surface area contributed by atoms with Gasteiger partial charge in [-0.2, -0.15) is 0 Å². The van der Waals surface area contributed by atoms with Crippen LogP contribution in [0.3, 0.4) is 0 Å². The predicted molar refractivity (Wildman–Crippen MR) is 64.6 cm³/mol. The molecular weight excluding hydrogens is 240 g/mol. The van der Waals surface area contributed by atoms with Gasteiger partial charge in [0.2, 0.25) is 0 Å². The quantitative estimate of drug-likeness (QED) is 0.753. The molecule has 0 aliphatic carbocycles. The number of rotatable bonds is 0. The number of nitrogens with zero attached hydrogens (tertiary/aromatic N) is 1. The minimum absolute atomic E-state index is 0.0189. The number of hydrogen-bond acceptors (Lipinski definition) is 3. The highest BCUT2D eigenvalue weighted by molar-refractivity contribution is 6.34. The first-order valence-corrected chi connectivity index (χ1v) is 6.08. The molecule has 1 saturated heterocycles. The molecule has 0 saturated carbocycles. The van der Waals surface area contributed by atoms with E-state index in [4.69, 9.17) is 16.3 Å². The molecule has 1 aromatic carbocycles. The van der Waals surface area contributed by atoms with Crippen LogP contribution >= 0.6 is 11.6 Å². The van der Waals surface area contributed by atoms with Gasteiger partial charge in [0, 0.05) is 19.6 Å². The van der Waals surface area contributed by atoms with E-state index in [0.717, 1.165) is 13.1 Å². The van der Waals surface area contributed by atoms with E-state index in [1.54, 1.807) is 18.2 Å². The van der Waals surface area contributed by atoms with Crippen LogP contribution < -0.4 is 10.1 Å². The molecule has 1 fully saturated rings. The van der Waals surface area contributed by atoms with Crippen LogP contribution in [0.1, 0.15) is 10.4 Å². The fraction of sp³-hybridized carbons (Fsp3) is 0.417. The van der Waals surface area contributed by atoms with Gasteiger partial charge < -0.3 is 15.0 Å². The first-order valence-electron chi connectivity index (χ1n) is 5.70. The largest absolute Gasteiger partial charge is 0.490 e. The van der Waals surface area contributed by atoms with Gasteiger partial charge in [-0.1, -0.05) is 17.7 Å². The molecule has 1 N–H and O–H groups in total. The summed E-state index contributed by atoms with van der Waals surface area (Å²) >= 11 is 6.10. The van der Waals surface area contributed by atoms with E-state index in [0.29, 0.717) is 29.5 Å². The van der Waals surface area contributed by atoms with E-state index in [-0.39, 0.29) is 11.9 Å². The number of halogens is 1. The van der Waals surface area contributed by atoms with E-state index in [9.17, 15) is 4.79 Å². The van der Waals surface area contributed by atoms with E-state index < -0.39 is 0 Å². The van der Waals surface area contributed by atoms with Crippen LogP contribution in [-0.2, 0) is 0 Å². The summed E-state index contributed by atoms with van der Waals surface area (Å²) in [4.78, 5) is 14.3. The Morgan fingerprint density at radius 2 is 2.35 bits per heavy atom. The molecule has 4 nitrogen and oxygen atoms in total. The molecule has 0 spiro atoms. The topological polar surface area (TPSA) is 41.6 Å². The highest BCUT2D eigenvalue weighted by Crippen LogP contribution is 2.31. The Bertz CT molecular complexity index is 464. The number of hydrogen-bond donors (Lipinski definition) is 1. The van der Waals surface area contributed by atoms with Crippen LogP contribution in [-0.4, -0.2) is 43.1 Å². The van der Waals surface area contributed by atoms with Crippen molar-refractivity contribution >= 4 is 17.5 Å². The number of fused-ring (bicyclic) bond motifs is 2. The molecule has 0 bridgehead atoms. The lowest BCUT2D eigenvalue weighted by Crippen LogP contribution is -2.54. The van der Waals surface area contributed by atoms with Crippen molar-refractivity contribution < 1.29 is 9.53 Å². The Kier molecular flexibility index (Phi) is 2.68. The Labute approximate surface area is 104 Å². The van der Waals surface area contributed by atoms with Gasteiger partial charge in [0.25, 0.3) is 5.91 Å². The van der Waals surface area contributed by atoms with Gasteiger partial charge in [-0.15, -0.1) is 0 Å². The van der Waals surface area contributed by atoms with Crippen molar-refractivity contribution in [3.05, 3.63) is 28.8 Å². The molecule has 2 heterocycles. The van der Waals surface area contributed by atoms with Crippen molar-refractivity contribution in [2.75, 3.05) is 26.2 Å². The lowest BCUT2D eigenvalue weighted by molar-refractivity contribution is 0.0606. The molecular formula is C12H13ClN2O2. The summed E-state index contributed by atoms with van der Waals surface area (Å²) in [5.74, 6) is 0.575. The second-order valence-corrected chi connectivity index (χ2v) is 4.69. The molecule has 2 aliphatic rings. The Morgan fingerprint density at radius 3 is 3.24 bits per heavy atom. The molecule has 3 rings (SSSR count). The Hall–Kier alpha value is -1.26. The molecule has 0 radical (unpaired) electrons. The van der Waals surface area contributed by atoms with Gasteiger partial charge in [0.1, 0.15) is 17.9 Å². The van der Waals surface area contributed by atoms with Crippen LogP contribution in [0.25, 0.3) is 0 Å². The summed E-state index contributed by atoms with van der Waals surface area (Å²) < 4.78 is 5.68. The first-order chi connectivity index (χ1) is 8.27. The average Bonchev–Trinajstić information content (AvgIpc) is 2.49. The zero-order valence-electron chi connectivity index (χ0n) is 9.28. The molecule has 90 valence electrons. The number of nitrogens with one attached hydrogen (secondary N) is 1. The smallest absolute Gasteiger partial charge is 0.259 e. The van der Waals surface area contributed by atoms with Gasteiger partial charge in [-0.3, -0.25) is 4.79 Å². The zero-order valence-corrected chi connectivity index (χ0v) is 10.0. The fourth-order valence-electron chi connectivity index (χ4n) is 2.34. The van der Waals surface area contributed by atoms with Crippen molar-refractivity contribution in [3.63, 3.8) is 0 Å². The SMILES string of the molecule is O=C1c2c(Cl)cccc2OCC2CNCCN12. The van der Waals surface area contributed by atoms with Crippen LogP contribution in [0, 0.1) is 0 Å². The predicted octanol–water partition coefficient (Wildman–Crippen LogP) is 1.15. The number of carbonyl (C=O) groups is 1. The number of amides is 1. The highest BCUT2D eigenvalue weighted by atomic mass is 35.5. The fourth-order valence-corrected chi connectivity index (χ4v) is 2.59. The third-order valence-electron chi connectivity index (χ3n) is 3.23. The lowest BCUT2D eigenvalue weighted by atomic mass is 10.1. The second-order valence-electron chi connectivity index (χ2n) is 4.28. The zero-order chi connectivity index (χ0) is 11.8. The molecule has 17 heavy (non-hydrogen) atoms. The number of carbonyl (C=O) groups excluding carboxylic acids is 1. The number of ether oxygens (including phenoxy) is 1. The maximum absolute atomic E-state index is 12.4. The minimum atomic E-state index is -0.0189. The molecule has 2 aliphatic heterocycles.